The molecule has 7 rings (SSSR count). The van der Waals surface area contributed by atoms with Crippen LogP contribution in [0.1, 0.15) is 0 Å². The monoisotopic (exact) mass is 553 g/mol. The number of ether oxygens (including phenoxy) is 3. The van der Waals surface area contributed by atoms with Crippen LogP contribution in [0.3, 0.4) is 0 Å². The summed E-state index contributed by atoms with van der Waals surface area (Å²) >= 11 is 6.54. The van der Waals surface area contributed by atoms with Crippen molar-refractivity contribution in [2.24, 2.45) is 0 Å². The fourth-order valence-corrected chi connectivity index (χ4v) is 4.94. The Morgan fingerprint density at radius 2 is 1.35 bits per heavy atom. The van der Waals surface area contributed by atoms with Crippen LogP contribution in [-0.4, -0.2) is 57.7 Å². The van der Waals surface area contributed by atoms with Crippen LogP contribution in [-0.2, 0) is 9.47 Å². The number of nitrogens with zero attached hydrogens (tertiary/aromatic N) is 2. The second-order valence-electron chi connectivity index (χ2n) is 9.15. The van der Waals surface area contributed by atoms with Gasteiger partial charge in [0.05, 0.1) is 29.4 Å². The predicted octanol–water partition coefficient (Wildman–Crippen LogP) is 5.79. The Bertz CT molecular complexity index is 1510. The van der Waals surface area contributed by atoms with E-state index in [4.69, 9.17) is 25.8 Å². The van der Waals surface area contributed by atoms with E-state index in [1.807, 2.05) is 66.7 Å². The first kappa shape index (κ1) is 27.4. The van der Waals surface area contributed by atoms with Gasteiger partial charge in [-0.05, 0) is 17.2 Å². The van der Waals surface area contributed by atoms with E-state index in [9.17, 15) is 5.11 Å². The van der Waals surface area contributed by atoms with E-state index in [0.29, 0.717) is 34.5 Å². The average molecular weight is 554 g/mol. The summed E-state index contributed by atoms with van der Waals surface area (Å²) in [4.78, 5) is 12.3. The van der Waals surface area contributed by atoms with Gasteiger partial charge in [0.1, 0.15) is 18.3 Å². The molecule has 2 aliphatic heterocycles. The number of aromatic nitrogens is 3. The molecule has 0 unspecified atom stereocenters. The quantitative estimate of drug-likeness (QED) is 0.274. The van der Waals surface area contributed by atoms with E-state index in [2.05, 4.69) is 52.1 Å². The van der Waals surface area contributed by atoms with Gasteiger partial charge in [-0.15, -0.1) is 12.8 Å². The van der Waals surface area contributed by atoms with Crippen LogP contribution in [0.2, 0.25) is 5.02 Å². The number of aliphatic hydroxyl groups is 1. The van der Waals surface area contributed by atoms with Crippen LogP contribution >= 0.6 is 11.6 Å². The molecule has 40 heavy (non-hydrogen) atoms. The number of hydrogen-bond donors (Lipinski definition) is 2. The molecular weight excluding hydrogens is 526 g/mol. The molecule has 0 spiro atoms. The fourth-order valence-electron chi connectivity index (χ4n) is 4.68. The zero-order valence-corrected chi connectivity index (χ0v) is 22.3. The molecule has 5 aromatic rings. The van der Waals surface area contributed by atoms with Crippen molar-refractivity contribution >= 4 is 22.8 Å². The number of fused-ring (bicyclic) bond motifs is 2. The number of aliphatic hydroxyl groups excluding tert-OH is 1. The van der Waals surface area contributed by atoms with Gasteiger partial charge in [-0.2, -0.15) is 4.98 Å². The van der Waals surface area contributed by atoms with Crippen LogP contribution < -0.4 is 4.74 Å². The first-order valence-corrected chi connectivity index (χ1v) is 13.2. The molecule has 202 valence electrons. The summed E-state index contributed by atoms with van der Waals surface area (Å²) in [6, 6.07) is 32.4. The molecule has 2 aromatic heterocycles. The summed E-state index contributed by atoms with van der Waals surface area (Å²) in [6.45, 7) is 0.579. The Hall–Kier alpha value is -4.19. The maximum atomic E-state index is 9.90. The number of halogens is 1. The summed E-state index contributed by atoms with van der Waals surface area (Å²) in [5, 5.41) is 10.4. The van der Waals surface area contributed by atoms with Crippen molar-refractivity contribution in [2.45, 2.75) is 24.4 Å². The summed E-state index contributed by atoms with van der Waals surface area (Å²) in [6.07, 6.45) is 6.36. The van der Waals surface area contributed by atoms with Gasteiger partial charge < -0.3 is 24.3 Å². The van der Waals surface area contributed by atoms with E-state index >= 15 is 0 Å². The van der Waals surface area contributed by atoms with Crippen molar-refractivity contribution in [3.63, 3.8) is 0 Å². The minimum absolute atomic E-state index is 0.249. The molecule has 3 aromatic carbocycles. The van der Waals surface area contributed by atoms with Crippen LogP contribution in [0, 0.1) is 12.8 Å². The van der Waals surface area contributed by atoms with Crippen molar-refractivity contribution in [1.29, 1.82) is 0 Å². The van der Waals surface area contributed by atoms with Crippen molar-refractivity contribution in [3.05, 3.63) is 102 Å². The fraction of sp³-hybridized carbons (Fsp3) is 0.188. The lowest BCUT2D eigenvalue weighted by Crippen LogP contribution is -2.34. The van der Waals surface area contributed by atoms with Gasteiger partial charge in [-0.25, -0.2) is 4.98 Å². The molecule has 2 aliphatic rings. The molecule has 7 nitrogen and oxygen atoms in total. The van der Waals surface area contributed by atoms with E-state index in [-0.39, 0.29) is 24.9 Å². The number of benzene rings is 3. The Morgan fingerprint density at radius 1 is 0.775 bits per heavy atom. The Labute approximate surface area is 237 Å². The Balaban J connectivity index is 0.000000354. The lowest BCUT2D eigenvalue weighted by molar-refractivity contribution is 0.00706. The number of hydrogen-bond acceptors (Lipinski definition) is 6. The first-order valence-electron chi connectivity index (χ1n) is 12.8. The molecule has 8 heteroatoms. The number of imidazole rings is 1. The second kappa shape index (κ2) is 12.8. The third-order valence-corrected chi connectivity index (χ3v) is 6.87. The second-order valence-corrected chi connectivity index (χ2v) is 9.56. The molecule has 4 atom stereocenters. The number of pyridine rings is 1. The Morgan fingerprint density at radius 3 is 2.02 bits per heavy atom. The largest absolute Gasteiger partial charge is 0.456 e. The summed E-state index contributed by atoms with van der Waals surface area (Å²) in [5.41, 5.74) is 5.02. The SMILES string of the molecule is C#C.O[C@@H]1CO[C@H]2[C@@H]1OC[C@H]2Oc1nc2nc(-c3ccc(-c4ccccc4)cc3)c(Cl)cc2[nH]1.c1ccccc1. The van der Waals surface area contributed by atoms with E-state index < -0.39 is 6.10 Å². The van der Waals surface area contributed by atoms with E-state index in [1.165, 1.54) is 0 Å². The van der Waals surface area contributed by atoms with Gasteiger partial charge in [0, 0.05) is 5.56 Å². The molecule has 2 fully saturated rings. The van der Waals surface area contributed by atoms with Crippen LogP contribution in [0.25, 0.3) is 33.5 Å². The number of terminal acetylenes is 1. The molecule has 0 amide bonds. The van der Waals surface area contributed by atoms with E-state index in [0.717, 1.165) is 16.7 Å². The summed E-state index contributed by atoms with van der Waals surface area (Å²) < 4.78 is 17.2. The molecule has 0 bridgehead atoms. The molecule has 0 aliphatic carbocycles. The van der Waals surface area contributed by atoms with Crippen molar-refractivity contribution in [2.75, 3.05) is 13.2 Å². The normalized spacial score (nSPS) is 21.0. The minimum Gasteiger partial charge on any atom is -0.456 e. The van der Waals surface area contributed by atoms with Crippen molar-refractivity contribution in [3.8, 4) is 41.2 Å². The lowest BCUT2D eigenvalue weighted by Gasteiger charge is -2.15. The minimum atomic E-state index is -0.624. The average Bonchev–Trinajstić information content (AvgIpc) is 3.72. The molecule has 4 heterocycles. The maximum Gasteiger partial charge on any atom is 0.296 e. The van der Waals surface area contributed by atoms with Crippen LogP contribution in [0.4, 0.5) is 0 Å². The maximum absolute atomic E-state index is 9.90. The summed E-state index contributed by atoms with van der Waals surface area (Å²) in [5.74, 6) is 0. The molecule has 0 radical (unpaired) electrons. The van der Waals surface area contributed by atoms with Gasteiger partial charge in [-0.1, -0.05) is 103 Å². The molecular formula is C32H28ClN3O4. The predicted molar refractivity (Wildman–Crippen MR) is 156 cm³/mol. The van der Waals surface area contributed by atoms with Gasteiger partial charge >= 0.3 is 0 Å². The van der Waals surface area contributed by atoms with Crippen molar-refractivity contribution < 1.29 is 19.3 Å². The van der Waals surface area contributed by atoms with Gasteiger partial charge in [0.25, 0.3) is 6.01 Å². The smallest absolute Gasteiger partial charge is 0.296 e. The van der Waals surface area contributed by atoms with Crippen LogP contribution in [0.5, 0.6) is 6.01 Å². The molecule has 2 saturated heterocycles. The topological polar surface area (TPSA) is 89.5 Å². The highest BCUT2D eigenvalue weighted by Crippen LogP contribution is 2.33. The van der Waals surface area contributed by atoms with Crippen molar-refractivity contribution in [1.82, 2.24) is 15.0 Å². The molecule has 2 N–H and O–H groups in total. The number of aromatic amines is 1. The van der Waals surface area contributed by atoms with Gasteiger partial charge in [0.2, 0.25) is 0 Å². The number of rotatable bonds is 4. The third kappa shape index (κ3) is 6.01. The Kier molecular flexibility index (Phi) is 8.74. The summed E-state index contributed by atoms with van der Waals surface area (Å²) in [7, 11) is 0. The first-order chi connectivity index (χ1) is 19.7. The number of nitrogens with one attached hydrogen (secondary N) is 1. The zero-order valence-electron chi connectivity index (χ0n) is 21.6. The van der Waals surface area contributed by atoms with E-state index in [1.54, 1.807) is 6.07 Å². The highest BCUT2D eigenvalue weighted by atomic mass is 35.5. The highest BCUT2D eigenvalue weighted by molar-refractivity contribution is 6.33. The van der Waals surface area contributed by atoms with Gasteiger partial charge in [0.15, 0.2) is 11.8 Å². The molecule has 0 saturated carbocycles. The standard InChI is InChI=1S/C24H20ClN3O4.C6H6.C2H2/c25-16-10-17-23(28-24(26-17)32-19-12-31-21-18(29)11-30-22(19)21)27-20(16)15-8-6-14(7-9-15)13-4-2-1-3-5-13;1-2-4-6-5-3-1;1-2/h1-10,18-19,21-22,29H,11-12H2,(H,26,27,28);1-6H;1-2H/t18-,19-,21-,22-;;/m1../s1. The number of H-pyrrole nitrogens is 1. The van der Waals surface area contributed by atoms with Gasteiger partial charge in [-0.3, -0.25) is 0 Å². The lowest BCUT2D eigenvalue weighted by atomic mass is 10.0. The highest BCUT2D eigenvalue weighted by Gasteiger charge is 2.48. The zero-order chi connectivity index (χ0) is 27.9. The van der Waals surface area contributed by atoms with Crippen LogP contribution in [0.15, 0.2) is 97.1 Å². The third-order valence-electron chi connectivity index (χ3n) is 6.58.